The van der Waals surface area contributed by atoms with Crippen molar-refractivity contribution >= 4 is 12.0 Å². The van der Waals surface area contributed by atoms with Crippen molar-refractivity contribution < 1.29 is 24.1 Å². The third-order valence-corrected chi connectivity index (χ3v) is 3.70. The lowest BCUT2D eigenvalue weighted by atomic mass is 10.1. The fraction of sp³-hybridized carbons (Fsp3) is 0.286. The molecule has 2 aromatic carbocycles. The average Bonchev–Trinajstić information content (AvgIpc) is 2.65. The molecule has 0 aliphatic rings. The molecule has 0 fully saturated rings. The number of rotatable bonds is 10. The van der Waals surface area contributed by atoms with Crippen LogP contribution in [-0.2, 0) is 11.2 Å². The van der Waals surface area contributed by atoms with Crippen molar-refractivity contribution in [1.82, 2.24) is 0 Å². The van der Waals surface area contributed by atoms with Crippen molar-refractivity contribution in [3.8, 4) is 17.2 Å². The van der Waals surface area contributed by atoms with Crippen LogP contribution in [-0.4, -0.2) is 31.4 Å². The van der Waals surface area contributed by atoms with Crippen molar-refractivity contribution in [2.24, 2.45) is 0 Å². The second-order valence-electron chi connectivity index (χ2n) is 5.64. The third kappa shape index (κ3) is 5.84. The van der Waals surface area contributed by atoms with Crippen LogP contribution in [0.2, 0.25) is 0 Å². The summed E-state index contributed by atoms with van der Waals surface area (Å²) >= 11 is 0. The molecule has 0 saturated carbocycles. The first-order valence-corrected chi connectivity index (χ1v) is 8.56. The summed E-state index contributed by atoms with van der Waals surface area (Å²) in [4.78, 5) is 10.7. The lowest BCUT2D eigenvalue weighted by molar-refractivity contribution is -0.131. The largest absolute Gasteiger partial charge is 0.493 e. The topological polar surface area (TPSA) is 65.0 Å². The van der Waals surface area contributed by atoms with E-state index in [4.69, 9.17) is 19.3 Å². The molecule has 5 nitrogen and oxygen atoms in total. The molecule has 0 bridgehead atoms. The van der Waals surface area contributed by atoms with E-state index in [0.29, 0.717) is 30.3 Å². The van der Waals surface area contributed by atoms with Gasteiger partial charge in [-0.05, 0) is 36.3 Å². The SMILES string of the molecule is CCCc1ccc(OCCOc2c(C=CC(=O)O)cccc2OC)cc1. The van der Waals surface area contributed by atoms with Gasteiger partial charge >= 0.3 is 5.97 Å². The highest BCUT2D eigenvalue weighted by Crippen LogP contribution is 2.32. The molecule has 138 valence electrons. The van der Waals surface area contributed by atoms with Gasteiger partial charge in [0.1, 0.15) is 19.0 Å². The zero-order chi connectivity index (χ0) is 18.8. The van der Waals surface area contributed by atoms with Gasteiger partial charge in [0.25, 0.3) is 0 Å². The van der Waals surface area contributed by atoms with E-state index < -0.39 is 5.97 Å². The quantitative estimate of drug-likeness (QED) is 0.510. The summed E-state index contributed by atoms with van der Waals surface area (Å²) in [6.45, 7) is 2.83. The molecule has 2 aromatic rings. The molecule has 0 heterocycles. The number of methoxy groups -OCH3 is 1. The Morgan fingerprint density at radius 2 is 1.81 bits per heavy atom. The van der Waals surface area contributed by atoms with Crippen molar-refractivity contribution in [1.29, 1.82) is 0 Å². The Morgan fingerprint density at radius 3 is 2.46 bits per heavy atom. The van der Waals surface area contributed by atoms with Crippen LogP contribution in [0.5, 0.6) is 17.2 Å². The second kappa shape index (κ2) is 10.1. The summed E-state index contributed by atoms with van der Waals surface area (Å²) in [5.74, 6) is 0.809. The Kier molecular flexibility index (Phi) is 7.55. The molecule has 0 aliphatic carbocycles. The zero-order valence-electron chi connectivity index (χ0n) is 15.1. The molecule has 0 atom stereocenters. The first kappa shape index (κ1) is 19.4. The summed E-state index contributed by atoms with van der Waals surface area (Å²) in [6, 6.07) is 13.3. The number of carboxylic acid groups (broad SMARTS) is 1. The van der Waals surface area contributed by atoms with Gasteiger partial charge in [0, 0.05) is 11.6 Å². The van der Waals surface area contributed by atoms with Crippen LogP contribution >= 0.6 is 0 Å². The molecule has 0 saturated heterocycles. The highest BCUT2D eigenvalue weighted by Gasteiger charge is 2.09. The molecule has 0 aliphatic heterocycles. The van der Waals surface area contributed by atoms with E-state index in [1.165, 1.54) is 11.6 Å². The van der Waals surface area contributed by atoms with Crippen molar-refractivity contribution in [3.63, 3.8) is 0 Å². The van der Waals surface area contributed by atoms with Crippen LogP contribution in [0.15, 0.2) is 48.5 Å². The van der Waals surface area contributed by atoms with Gasteiger partial charge in [0.2, 0.25) is 0 Å². The van der Waals surface area contributed by atoms with E-state index in [1.54, 1.807) is 25.3 Å². The number of carbonyl (C=O) groups is 1. The monoisotopic (exact) mass is 356 g/mol. The summed E-state index contributed by atoms with van der Waals surface area (Å²) in [5, 5.41) is 8.81. The highest BCUT2D eigenvalue weighted by atomic mass is 16.5. The van der Waals surface area contributed by atoms with Gasteiger partial charge in [0.05, 0.1) is 7.11 Å². The summed E-state index contributed by atoms with van der Waals surface area (Å²) in [7, 11) is 1.54. The molecule has 2 rings (SSSR count). The van der Waals surface area contributed by atoms with E-state index in [1.807, 2.05) is 12.1 Å². The van der Waals surface area contributed by atoms with E-state index in [-0.39, 0.29) is 0 Å². The minimum atomic E-state index is -1.02. The summed E-state index contributed by atoms with van der Waals surface area (Å²) in [5.41, 5.74) is 1.93. The van der Waals surface area contributed by atoms with Crippen molar-refractivity contribution in [2.75, 3.05) is 20.3 Å². The standard InChI is InChI=1S/C21H24O5/c1-3-5-16-8-11-18(12-9-16)25-14-15-26-21-17(10-13-20(22)23)6-4-7-19(21)24-2/h4,6-13H,3,5,14-15H2,1-2H3,(H,22,23). The maximum Gasteiger partial charge on any atom is 0.328 e. The summed E-state index contributed by atoms with van der Waals surface area (Å²) < 4.78 is 16.8. The number of ether oxygens (including phenoxy) is 3. The van der Waals surface area contributed by atoms with Crippen LogP contribution < -0.4 is 14.2 Å². The number of para-hydroxylation sites is 1. The number of benzene rings is 2. The van der Waals surface area contributed by atoms with Crippen LogP contribution in [0.4, 0.5) is 0 Å². The fourth-order valence-electron chi connectivity index (χ4n) is 2.48. The molecule has 5 heteroatoms. The predicted octanol–water partition coefficient (Wildman–Crippen LogP) is 4.20. The minimum absolute atomic E-state index is 0.311. The molecular formula is C21H24O5. The normalized spacial score (nSPS) is 10.7. The maximum absolute atomic E-state index is 10.7. The van der Waals surface area contributed by atoms with E-state index >= 15 is 0 Å². The van der Waals surface area contributed by atoms with Gasteiger partial charge < -0.3 is 19.3 Å². The Hall–Kier alpha value is -2.95. The number of hydrogen-bond donors (Lipinski definition) is 1. The Balaban J connectivity index is 1.95. The van der Waals surface area contributed by atoms with Crippen LogP contribution in [0.1, 0.15) is 24.5 Å². The van der Waals surface area contributed by atoms with E-state index in [0.717, 1.165) is 24.7 Å². The van der Waals surface area contributed by atoms with E-state index in [9.17, 15) is 4.79 Å². The van der Waals surface area contributed by atoms with E-state index in [2.05, 4.69) is 19.1 Å². The third-order valence-electron chi connectivity index (χ3n) is 3.70. The van der Waals surface area contributed by atoms with Gasteiger partial charge in [-0.25, -0.2) is 4.79 Å². The second-order valence-corrected chi connectivity index (χ2v) is 5.64. The molecule has 0 unspecified atom stereocenters. The average molecular weight is 356 g/mol. The Morgan fingerprint density at radius 1 is 1.08 bits per heavy atom. The molecule has 26 heavy (non-hydrogen) atoms. The molecule has 1 N–H and O–H groups in total. The highest BCUT2D eigenvalue weighted by molar-refractivity contribution is 5.86. The fourth-order valence-corrected chi connectivity index (χ4v) is 2.48. The van der Waals surface area contributed by atoms with Gasteiger partial charge in [-0.3, -0.25) is 0 Å². The maximum atomic E-state index is 10.7. The smallest absolute Gasteiger partial charge is 0.328 e. The van der Waals surface area contributed by atoms with Gasteiger partial charge in [-0.15, -0.1) is 0 Å². The van der Waals surface area contributed by atoms with Gasteiger partial charge in [-0.1, -0.05) is 37.6 Å². The number of hydrogen-bond acceptors (Lipinski definition) is 4. The lowest BCUT2D eigenvalue weighted by Crippen LogP contribution is -2.10. The number of aryl methyl sites for hydroxylation is 1. The van der Waals surface area contributed by atoms with Gasteiger partial charge in [-0.2, -0.15) is 0 Å². The molecule has 0 aromatic heterocycles. The molecule has 0 amide bonds. The Labute approximate surface area is 153 Å². The van der Waals surface area contributed by atoms with Crippen LogP contribution in [0, 0.1) is 0 Å². The van der Waals surface area contributed by atoms with Crippen molar-refractivity contribution in [3.05, 3.63) is 59.7 Å². The zero-order valence-corrected chi connectivity index (χ0v) is 15.1. The Bertz CT molecular complexity index is 735. The molecular weight excluding hydrogens is 332 g/mol. The predicted molar refractivity (Wildman–Crippen MR) is 101 cm³/mol. The number of aliphatic carboxylic acids is 1. The molecule has 0 radical (unpaired) electrons. The summed E-state index contributed by atoms with van der Waals surface area (Å²) in [6.07, 6.45) is 4.72. The van der Waals surface area contributed by atoms with Crippen molar-refractivity contribution in [2.45, 2.75) is 19.8 Å². The first-order valence-electron chi connectivity index (χ1n) is 8.56. The molecule has 0 spiro atoms. The number of carboxylic acids is 1. The van der Waals surface area contributed by atoms with Gasteiger partial charge in [0.15, 0.2) is 11.5 Å². The van der Waals surface area contributed by atoms with Crippen LogP contribution in [0.3, 0.4) is 0 Å². The lowest BCUT2D eigenvalue weighted by Gasteiger charge is -2.14. The first-order chi connectivity index (χ1) is 12.6. The minimum Gasteiger partial charge on any atom is -0.493 e. The van der Waals surface area contributed by atoms with Crippen LogP contribution in [0.25, 0.3) is 6.08 Å².